The van der Waals surface area contributed by atoms with Crippen LogP contribution in [0.5, 0.6) is 5.75 Å². The number of allylic oxidation sites excluding steroid dienone is 2. The molecule has 0 spiro atoms. The van der Waals surface area contributed by atoms with Gasteiger partial charge in [-0.3, -0.25) is 4.79 Å². The fourth-order valence-electron chi connectivity index (χ4n) is 4.06. The molecule has 2 aliphatic rings. The van der Waals surface area contributed by atoms with E-state index in [1.54, 1.807) is 6.92 Å². The van der Waals surface area contributed by atoms with Crippen molar-refractivity contribution in [3.05, 3.63) is 82.1 Å². The first kappa shape index (κ1) is 19.0. The van der Waals surface area contributed by atoms with E-state index in [0.29, 0.717) is 29.0 Å². The van der Waals surface area contributed by atoms with E-state index >= 15 is 0 Å². The largest absolute Gasteiger partial charge is 0.494 e. The number of dihydropyridines is 1. The second-order valence-corrected chi connectivity index (χ2v) is 6.98. The fraction of sp³-hybridized carbons (Fsp3) is 0.250. The highest BCUT2D eigenvalue weighted by Crippen LogP contribution is 2.46. The van der Waals surface area contributed by atoms with Crippen LogP contribution in [0.15, 0.2) is 65.4 Å². The highest BCUT2D eigenvalue weighted by molar-refractivity contribution is 6.23. The molecule has 29 heavy (non-hydrogen) atoms. The molecule has 0 amide bonds. The standard InChI is InChI=1S/C24H23NO4/c1-4-28-16-12-10-15(11-13-16)20-19(24(27)29-5-2)14(3)25-22-17-8-6-7-9-18(17)23(26)21(20)22/h6-13,20,25H,4-5H2,1-3H3/t20-/m0/s1. The van der Waals surface area contributed by atoms with Gasteiger partial charge in [-0.15, -0.1) is 0 Å². The average Bonchev–Trinajstić information content (AvgIpc) is 3.00. The van der Waals surface area contributed by atoms with Gasteiger partial charge in [0, 0.05) is 28.3 Å². The zero-order valence-electron chi connectivity index (χ0n) is 16.7. The Morgan fingerprint density at radius 1 is 1.00 bits per heavy atom. The molecular weight excluding hydrogens is 366 g/mol. The lowest BCUT2D eigenvalue weighted by atomic mass is 9.80. The summed E-state index contributed by atoms with van der Waals surface area (Å²) < 4.78 is 10.9. The second-order valence-electron chi connectivity index (χ2n) is 6.98. The van der Waals surface area contributed by atoms with Crippen molar-refractivity contribution in [1.82, 2.24) is 5.32 Å². The van der Waals surface area contributed by atoms with E-state index in [2.05, 4.69) is 5.32 Å². The molecule has 1 aliphatic carbocycles. The summed E-state index contributed by atoms with van der Waals surface area (Å²) in [6, 6.07) is 15.1. The summed E-state index contributed by atoms with van der Waals surface area (Å²) in [5.41, 5.74) is 4.90. The molecule has 1 N–H and O–H groups in total. The number of esters is 1. The van der Waals surface area contributed by atoms with Gasteiger partial charge in [-0.1, -0.05) is 36.4 Å². The molecule has 0 unspecified atom stereocenters. The molecule has 1 aliphatic heterocycles. The van der Waals surface area contributed by atoms with E-state index < -0.39 is 11.9 Å². The summed E-state index contributed by atoms with van der Waals surface area (Å²) >= 11 is 0. The number of ketones is 1. The molecule has 4 rings (SSSR count). The highest BCUT2D eigenvalue weighted by Gasteiger charge is 2.42. The maximum Gasteiger partial charge on any atom is 0.336 e. The monoisotopic (exact) mass is 389 g/mol. The van der Waals surface area contributed by atoms with E-state index in [0.717, 1.165) is 22.6 Å². The lowest BCUT2D eigenvalue weighted by molar-refractivity contribution is -0.138. The van der Waals surface area contributed by atoms with E-state index in [1.807, 2.05) is 62.4 Å². The van der Waals surface area contributed by atoms with Crippen LogP contribution >= 0.6 is 0 Å². The molecule has 0 saturated heterocycles. The lowest BCUT2D eigenvalue weighted by Crippen LogP contribution is -2.29. The van der Waals surface area contributed by atoms with Crippen molar-refractivity contribution in [2.45, 2.75) is 26.7 Å². The predicted octanol–water partition coefficient (Wildman–Crippen LogP) is 4.22. The van der Waals surface area contributed by atoms with Crippen LogP contribution in [-0.2, 0) is 9.53 Å². The van der Waals surface area contributed by atoms with Gasteiger partial charge in [-0.2, -0.15) is 0 Å². The van der Waals surface area contributed by atoms with Crippen LogP contribution < -0.4 is 10.1 Å². The van der Waals surface area contributed by atoms with Crippen molar-refractivity contribution in [3.63, 3.8) is 0 Å². The van der Waals surface area contributed by atoms with Crippen LogP contribution in [0, 0.1) is 0 Å². The number of Topliss-reactive ketones (excluding diaryl/α,β-unsaturated/α-hetero) is 1. The number of carbonyl (C=O) groups is 2. The first-order valence-electron chi connectivity index (χ1n) is 9.82. The Labute approximate surface area is 170 Å². The van der Waals surface area contributed by atoms with Gasteiger partial charge in [-0.05, 0) is 38.5 Å². The maximum absolute atomic E-state index is 13.3. The van der Waals surface area contributed by atoms with Gasteiger partial charge in [0.25, 0.3) is 0 Å². The number of nitrogens with one attached hydrogen (secondary N) is 1. The summed E-state index contributed by atoms with van der Waals surface area (Å²) in [5.74, 6) is -0.220. The maximum atomic E-state index is 13.3. The molecular formula is C24H23NO4. The van der Waals surface area contributed by atoms with Gasteiger partial charge in [-0.25, -0.2) is 4.79 Å². The highest BCUT2D eigenvalue weighted by atomic mass is 16.5. The molecule has 5 heteroatoms. The minimum atomic E-state index is -0.499. The van der Waals surface area contributed by atoms with Gasteiger partial charge < -0.3 is 14.8 Å². The third kappa shape index (κ3) is 3.12. The summed E-state index contributed by atoms with van der Waals surface area (Å²) in [7, 11) is 0. The van der Waals surface area contributed by atoms with Crippen molar-refractivity contribution >= 4 is 17.4 Å². The summed E-state index contributed by atoms with van der Waals surface area (Å²) in [4.78, 5) is 26.2. The Morgan fingerprint density at radius 3 is 2.34 bits per heavy atom. The van der Waals surface area contributed by atoms with Crippen molar-refractivity contribution in [3.8, 4) is 5.75 Å². The molecule has 0 aromatic heterocycles. The Kier molecular flexibility index (Phi) is 4.97. The average molecular weight is 389 g/mol. The lowest BCUT2D eigenvalue weighted by Gasteiger charge is -2.29. The van der Waals surface area contributed by atoms with Crippen LogP contribution in [0.3, 0.4) is 0 Å². The number of fused-ring (bicyclic) bond motifs is 2. The summed E-state index contributed by atoms with van der Waals surface area (Å²) in [5, 5.41) is 3.30. The second kappa shape index (κ2) is 7.59. The Bertz CT molecular complexity index is 1050. The quantitative estimate of drug-likeness (QED) is 0.776. The van der Waals surface area contributed by atoms with Crippen LogP contribution in [0.2, 0.25) is 0 Å². The SMILES string of the molecule is CCOC(=O)C1=C(C)NC2=C(C(=O)c3ccccc32)[C@H]1c1ccc(OCC)cc1. The van der Waals surface area contributed by atoms with Crippen molar-refractivity contribution in [2.24, 2.45) is 0 Å². The molecule has 0 fully saturated rings. The van der Waals surface area contributed by atoms with E-state index in [9.17, 15) is 9.59 Å². The number of carbonyl (C=O) groups excluding carboxylic acids is 2. The summed E-state index contributed by atoms with van der Waals surface area (Å²) in [6.45, 7) is 6.39. The van der Waals surface area contributed by atoms with Crippen LogP contribution in [-0.4, -0.2) is 25.0 Å². The normalized spacial score (nSPS) is 17.6. The van der Waals surface area contributed by atoms with E-state index in [1.165, 1.54) is 0 Å². The molecule has 1 atom stereocenters. The first-order chi connectivity index (χ1) is 14.1. The van der Waals surface area contributed by atoms with Crippen LogP contribution in [0.25, 0.3) is 5.70 Å². The van der Waals surface area contributed by atoms with Crippen molar-refractivity contribution in [1.29, 1.82) is 0 Å². The molecule has 0 radical (unpaired) electrons. The van der Waals surface area contributed by atoms with Gasteiger partial charge in [0.1, 0.15) is 5.75 Å². The van der Waals surface area contributed by atoms with E-state index in [-0.39, 0.29) is 12.4 Å². The molecule has 2 aromatic carbocycles. The topological polar surface area (TPSA) is 64.6 Å². The summed E-state index contributed by atoms with van der Waals surface area (Å²) in [6.07, 6.45) is 0. The van der Waals surface area contributed by atoms with Gasteiger partial charge in [0.05, 0.1) is 24.5 Å². The van der Waals surface area contributed by atoms with Crippen LogP contribution in [0.1, 0.15) is 48.2 Å². The van der Waals surface area contributed by atoms with Crippen LogP contribution in [0.4, 0.5) is 0 Å². The minimum absolute atomic E-state index is 0.0590. The zero-order chi connectivity index (χ0) is 20.5. The third-order valence-electron chi connectivity index (χ3n) is 5.27. The molecule has 5 nitrogen and oxygen atoms in total. The number of hydrogen-bond donors (Lipinski definition) is 1. The Hall–Kier alpha value is -3.34. The van der Waals surface area contributed by atoms with Gasteiger partial charge in [0.15, 0.2) is 5.78 Å². The first-order valence-corrected chi connectivity index (χ1v) is 9.82. The molecule has 2 aromatic rings. The zero-order valence-corrected chi connectivity index (χ0v) is 16.7. The number of hydrogen-bond acceptors (Lipinski definition) is 5. The third-order valence-corrected chi connectivity index (χ3v) is 5.27. The Balaban J connectivity index is 1.87. The number of benzene rings is 2. The molecule has 1 heterocycles. The van der Waals surface area contributed by atoms with Gasteiger partial charge >= 0.3 is 5.97 Å². The molecule has 148 valence electrons. The Morgan fingerprint density at radius 2 is 1.69 bits per heavy atom. The number of rotatable bonds is 5. The predicted molar refractivity (Wildman–Crippen MR) is 111 cm³/mol. The smallest absolute Gasteiger partial charge is 0.336 e. The molecule has 0 bridgehead atoms. The van der Waals surface area contributed by atoms with Gasteiger partial charge in [0.2, 0.25) is 0 Å². The van der Waals surface area contributed by atoms with E-state index in [4.69, 9.17) is 9.47 Å². The molecule has 0 saturated carbocycles. The van der Waals surface area contributed by atoms with Crippen molar-refractivity contribution in [2.75, 3.05) is 13.2 Å². The fourth-order valence-corrected chi connectivity index (χ4v) is 4.06. The van der Waals surface area contributed by atoms with Crippen molar-refractivity contribution < 1.29 is 19.1 Å². The minimum Gasteiger partial charge on any atom is -0.494 e. The number of ether oxygens (including phenoxy) is 2.